The predicted octanol–water partition coefficient (Wildman–Crippen LogP) is -2.70. The Bertz CT molecular complexity index is 1370. The van der Waals surface area contributed by atoms with Gasteiger partial charge in [0.1, 0.15) is 24.7 Å². The zero-order valence-electron chi connectivity index (χ0n) is 26.7. The predicted molar refractivity (Wildman–Crippen MR) is 159 cm³/mol. The lowest BCUT2D eigenvalue weighted by molar-refractivity contribution is -0.197. The highest BCUT2D eigenvalue weighted by Crippen LogP contribution is 2.39. The summed E-state index contributed by atoms with van der Waals surface area (Å²) in [5.74, 6) is -9.22. The molecule has 2 aliphatic heterocycles. The number of carboxylic acids is 2. The Hall–Kier alpha value is -4.33. The molecule has 0 spiro atoms. The Morgan fingerprint density at radius 1 is 0.957 bits per heavy atom. The van der Waals surface area contributed by atoms with E-state index in [1.807, 2.05) is 0 Å². The van der Waals surface area contributed by atoms with E-state index in [1.165, 1.54) is 5.06 Å². The number of carbonyl (C=O) groups is 8. The molecule has 20 heteroatoms. The van der Waals surface area contributed by atoms with E-state index in [-0.39, 0.29) is 19.4 Å². The molecule has 0 aromatic heterocycles. The van der Waals surface area contributed by atoms with Crippen LogP contribution in [0.15, 0.2) is 0 Å². The highest BCUT2D eigenvalue weighted by Gasteiger charge is 2.57. The van der Waals surface area contributed by atoms with Gasteiger partial charge in [0.05, 0.1) is 30.7 Å². The summed E-state index contributed by atoms with van der Waals surface area (Å²) >= 11 is 0. The maximum Gasteiger partial charge on any atom is 0.344 e. The molecule has 2 saturated heterocycles. The summed E-state index contributed by atoms with van der Waals surface area (Å²) in [4.78, 5) is 104. The van der Waals surface area contributed by atoms with Crippen LogP contribution in [0.5, 0.6) is 0 Å². The number of fused-ring (bicyclic) bond motifs is 1. The number of hydrogen-bond donors (Lipinski definition) is 6. The maximum absolute atomic E-state index is 13.1. The van der Waals surface area contributed by atoms with E-state index in [2.05, 4.69) is 21.3 Å². The van der Waals surface area contributed by atoms with E-state index < -0.39 is 119 Å². The molecule has 0 aromatic rings. The minimum absolute atomic E-state index is 0.144. The third kappa shape index (κ3) is 10.6. The van der Waals surface area contributed by atoms with Crippen molar-refractivity contribution in [2.24, 2.45) is 11.8 Å². The maximum atomic E-state index is 13.1. The van der Waals surface area contributed by atoms with Crippen molar-refractivity contribution in [2.45, 2.75) is 90.0 Å². The molecule has 47 heavy (non-hydrogen) atoms. The van der Waals surface area contributed by atoms with Gasteiger partial charge in [-0.2, -0.15) is 0 Å². The summed E-state index contributed by atoms with van der Waals surface area (Å²) in [6, 6.07) is -5.86. The van der Waals surface area contributed by atoms with Crippen LogP contribution in [0.3, 0.4) is 0 Å². The summed E-state index contributed by atoms with van der Waals surface area (Å²) in [6.45, 7) is 5.35. The number of carboxylic acid groups (broad SMARTS) is 2. The molecule has 6 N–H and O–H groups in total. The van der Waals surface area contributed by atoms with Gasteiger partial charge in [0, 0.05) is 19.9 Å². The molecule has 264 valence electrons. The van der Waals surface area contributed by atoms with Gasteiger partial charge in [-0.15, -0.1) is 5.06 Å². The third-order valence-corrected chi connectivity index (χ3v) is 8.81. The summed E-state index contributed by atoms with van der Waals surface area (Å²) in [6.07, 6.45) is -0.317. The topological polar surface area (TPSA) is 275 Å². The molecule has 0 aliphatic carbocycles. The normalized spacial score (nSPS) is 21.3. The van der Waals surface area contributed by atoms with Crippen LogP contribution in [0.25, 0.3) is 0 Å². The van der Waals surface area contributed by atoms with Crippen LogP contribution in [0.4, 0.5) is 0 Å². The molecule has 6 atom stereocenters. The first-order valence-corrected chi connectivity index (χ1v) is 16.7. The van der Waals surface area contributed by atoms with Crippen LogP contribution in [0.2, 0.25) is 0 Å². The van der Waals surface area contributed by atoms with Crippen molar-refractivity contribution in [1.82, 2.24) is 30.6 Å². The quantitative estimate of drug-likeness (QED) is 0.0907. The van der Waals surface area contributed by atoms with Crippen LogP contribution < -0.4 is 21.3 Å². The number of hydroxylamine groups is 2. The van der Waals surface area contributed by atoms with Crippen molar-refractivity contribution in [3.8, 4) is 0 Å². The van der Waals surface area contributed by atoms with Crippen molar-refractivity contribution in [3.63, 3.8) is 0 Å². The molecule has 0 bridgehead atoms. The summed E-state index contributed by atoms with van der Waals surface area (Å²) in [7, 11) is -3.85. The van der Waals surface area contributed by atoms with Gasteiger partial charge >= 0.3 is 17.9 Å². The monoisotopic (exact) mass is 690 g/mol. The Balaban J connectivity index is 2.06. The van der Waals surface area contributed by atoms with E-state index >= 15 is 0 Å². The lowest BCUT2D eigenvalue weighted by Gasteiger charge is -2.27. The first-order valence-electron chi connectivity index (χ1n) is 14.9. The smallest absolute Gasteiger partial charge is 0.344 e. The lowest BCUT2D eigenvalue weighted by atomic mass is 9.97. The van der Waals surface area contributed by atoms with Gasteiger partial charge in [0.25, 0.3) is 0 Å². The molecule has 1 unspecified atom stereocenters. The summed E-state index contributed by atoms with van der Waals surface area (Å²) in [5, 5.41) is 28.6. The second kappa shape index (κ2) is 16.5. The third-order valence-electron chi connectivity index (χ3n) is 7.64. The van der Waals surface area contributed by atoms with Crippen molar-refractivity contribution >= 4 is 57.5 Å². The molecule has 0 aromatic carbocycles. The zero-order valence-corrected chi connectivity index (χ0v) is 27.5. The number of nitrogens with one attached hydrogen (secondary N) is 4. The van der Waals surface area contributed by atoms with E-state index in [9.17, 15) is 51.9 Å². The molecule has 2 fully saturated rings. The van der Waals surface area contributed by atoms with E-state index in [4.69, 9.17) is 9.94 Å². The number of amides is 5. The molecule has 2 heterocycles. The number of nitrogens with zero attached hydrogens (tertiary/aromatic N) is 2. The fourth-order valence-electron chi connectivity index (χ4n) is 5.56. The second-order valence-corrected chi connectivity index (χ2v) is 13.5. The van der Waals surface area contributed by atoms with Crippen LogP contribution >= 0.6 is 0 Å². The highest BCUT2D eigenvalue weighted by atomic mass is 32.2. The summed E-state index contributed by atoms with van der Waals surface area (Å²) < 4.78 is 25.3. The van der Waals surface area contributed by atoms with Crippen LogP contribution in [0, 0.1) is 11.8 Å². The van der Waals surface area contributed by atoms with Gasteiger partial charge in [-0.1, -0.05) is 20.8 Å². The standard InChI is InChI=1S/C27H42N6O13S/c1-6-15-23-18(33(27(15)43)47(5,44)45)9-10-32(23)46-21(39)12-28-26(42)22(13(2)3)31-25(41)17(11-20(37)38)30-24(40)16(29-14(4)34)7-8-19(35)36/h13,15-18,22-23H,6-12H2,1-5H3,(H,28,42)(H,29,34)(H,30,40)(H,31,41)(H,35,36)(H,37,38)/t15?,16-,17-,18-,22-,23+/m0/s1. The molecule has 2 aliphatic rings. The Labute approximate surface area is 271 Å². The minimum atomic E-state index is -3.85. The number of sulfonamides is 1. The minimum Gasteiger partial charge on any atom is -0.481 e. The van der Waals surface area contributed by atoms with Crippen molar-refractivity contribution in [1.29, 1.82) is 0 Å². The Morgan fingerprint density at radius 2 is 1.57 bits per heavy atom. The van der Waals surface area contributed by atoms with Gasteiger partial charge in [-0.3, -0.25) is 33.6 Å². The largest absolute Gasteiger partial charge is 0.481 e. The second-order valence-electron chi connectivity index (χ2n) is 11.7. The highest BCUT2D eigenvalue weighted by molar-refractivity contribution is 7.88. The fraction of sp³-hybridized carbons (Fsp3) is 0.704. The zero-order chi connectivity index (χ0) is 35.8. The molecule has 19 nitrogen and oxygen atoms in total. The van der Waals surface area contributed by atoms with Crippen molar-refractivity contribution in [3.05, 3.63) is 0 Å². The average Bonchev–Trinajstić information content (AvgIpc) is 3.46. The van der Waals surface area contributed by atoms with Gasteiger partial charge in [-0.05, 0) is 25.2 Å². The number of carbonyl (C=O) groups excluding carboxylic acids is 6. The molecular weight excluding hydrogens is 648 g/mol. The van der Waals surface area contributed by atoms with Gasteiger partial charge in [0.2, 0.25) is 39.6 Å². The van der Waals surface area contributed by atoms with Crippen molar-refractivity contribution < 1.29 is 61.8 Å². The van der Waals surface area contributed by atoms with E-state index in [0.29, 0.717) is 6.42 Å². The van der Waals surface area contributed by atoms with Gasteiger partial charge < -0.3 is 36.3 Å². The average molecular weight is 691 g/mol. The number of hydrogen-bond acceptors (Lipinski definition) is 12. The SMILES string of the molecule is CCC1C(=O)N(S(C)(=O)=O)[C@H]2CCN(OC(=O)CNC(=O)[C@@H](NC(=O)[C@H](CC(=O)O)NC(=O)[C@H](CCC(=O)O)NC(C)=O)C(C)C)[C@H]12. The Kier molecular flexibility index (Phi) is 13.6. The van der Waals surface area contributed by atoms with Crippen LogP contribution in [-0.4, -0.2) is 125 Å². The molecule has 0 radical (unpaired) electrons. The molecule has 0 saturated carbocycles. The lowest BCUT2D eigenvalue weighted by Crippen LogP contribution is -2.58. The van der Waals surface area contributed by atoms with Crippen LogP contribution in [0.1, 0.15) is 59.8 Å². The number of rotatable bonds is 17. The summed E-state index contributed by atoms with van der Waals surface area (Å²) in [5.41, 5.74) is 0. The van der Waals surface area contributed by atoms with Crippen LogP contribution in [-0.2, 0) is 53.2 Å². The first kappa shape index (κ1) is 38.9. The number of aliphatic carboxylic acids is 2. The van der Waals surface area contributed by atoms with E-state index in [0.717, 1.165) is 17.5 Å². The molecular formula is C27H42N6O13S. The van der Waals surface area contributed by atoms with Crippen molar-refractivity contribution in [2.75, 3.05) is 19.3 Å². The fourth-order valence-corrected chi connectivity index (χ4v) is 6.74. The van der Waals surface area contributed by atoms with Gasteiger partial charge in [0.15, 0.2) is 0 Å². The molecule has 2 rings (SSSR count). The first-order chi connectivity index (χ1) is 21.8. The van der Waals surface area contributed by atoms with Gasteiger partial charge in [-0.25, -0.2) is 17.5 Å². The Morgan fingerprint density at radius 3 is 2.09 bits per heavy atom. The van der Waals surface area contributed by atoms with E-state index in [1.54, 1.807) is 20.8 Å². The molecule has 5 amide bonds.